The summed E-state index contributed by atoms with van der Waals surface area (Å²) in [6, 6.07) is 5.73. The summed E-state index contributed by atoms with van der Waals surface area (Å²) in [7, 11) is 0. The van der Waals surface area contributed by atoms with Gasteiger partial charge in [-0.1, -0.05) is 23.8 Å². The molecule has 0 heterocycles. The Bertz CT molecular complexity index is 287. The summed E-state index contributed by atoms with van der Waals surface area (Å²) >= 11 is 0. The molecule has 0 spiro atoms. The van der Waals surface area contributed by atoms with Gasteiger partial charge in [0.1, 0.15) is 0 Å². The van der Waals surface area contributed by atoms with Crippen molar-refractivity contribution in [3.05, 3.63) is 41.8 Å². The van der Waals surface area contributed by atoms with Crippen LogP contribution in [0.15, 0.2) is 18.2 Å². The molecule has 1 aromatic carbocycles. The summed E-state index contributed by atoms with van der Waals surface area (Å²) in [6.07, 6.45) is 0. The third-order valence-electron chi connectivity index (χ3n) is 1.68. The molecule has 1 radical (unpaired) electrons. The average Bonchev–Trinajstić information content (AvgIpc) is 1.85. The fourth-order valence-corrected chi connectivity index (χ4v) is 1.13. The monoisotopic (exact) mass is 147 g/mol. The van der Waals surface area contributed by atoms with Gasteiger partial charge in [-0.2, -0.15) is 0 Å². The van der Waals surface area contributed by atoms with Crippen molar-refractivity contribution in [1.29, 1.82) is 0 Å². The Morgan fingerprint density at radius 2 is 2.00 bits per heavy atom. The summed E-state index contributed by atoms with van der Waals surface area (Å²) in [6.45, 7) is 7.29. The SMILES string of the molecule is [CH2]C(=O)c1ccc(C)cc1C. The van der Waals surface area contributed by atoms with Crippen molar-refractivity contribution in [3.8, 4) is 0 Å². The van der Waals surface area contributed by atoms with E-state index in [1.807, 2.05) is 32.0 Å². The highest BCUT2D eigenvalue weighted by Crippen LogP contribution is 2.10. The molecule has 1 rings (SSSR count). The first-order chi connectivity index (χ1) is 5.11. The number of carbonyl (C=O) groups is 1. The Hall–Kier alpha value is -1.11. The molecular formula is C10H11O. The van der Waals surface area contributed by atoms with Crippen LogP contribution in [0, 0.1) is 20.8 Å². The van der Waals surface area contributed by atoms with Gasteiger partial charge in [-0.3, -0.25) is 4.79 Å². The van der Waals surface area contributed by atoms with Crippen LogP contribution in [0.25, 0.3) is 0 Å². The molecule has 0 saturated carbocycles. The lowest BCUT2D eigenvalue weighted by molar-refractivity contribution is 0.104. The zero-order valence-corrected chi connectivity index (χ0v) is 6.85. The summed E-state index contributed by atoms with van der Waals surface area (Å²) in [4.78, 5) is 10.9. The molecule has 0 aliphatic carbocycles. The lowest BCUT2D eigenvalue weighted by Crippen LogP contribution is -1.95. The minimum absolute atomic E-state index is 0.109. The van der Waals surface area contributed by atoms with E-state index in [0.717, 1.165) is 11.1 Å². The number of ketones is 1. The molecule has 1 heteroatoms. The minimum Gasteiger partial charge on any atom is -0.294 e. The number of Topliss-reactive ketones (excluding diaryl/α,β-unsaturated/α-hetero) is 1. The second-order valence-electron chi connectivity index (χ2n) is 2.74. The Kier molecular flexibility index (Phi) is 2.08. The number of hydrogen-bond acceptors (Lipinski definition) is 1. The Morgan fingerprint density at radius 3 is 2.45 bits per heavy atom. The molecule has 0 saturated heterocycles. The van der Waals surface area contributed by atoms with Crippen molar-refractivity contribution in [1.82, 2.24) is 0 Å². The van der Waals surface area contributed by atoms with Gasteiger partial charge in [0.2, 0.25) is 0 Å². The molecule has 11 heavy (non-hydrogen) atoms. The fourth-order valence-electron chi connectivity index (χ4n) is 1.13. The van der Waals surface area contributed by atoms with Crippen molar-refractivity contribution >= 4 is 5.78 Å². The fraction of sp³-hybridized carbons (Fsp3) is 0.200. The van der Waals surface area contributed by atoms with Crippen LogP contribution in [0.3, 0.4) is 0 Å². The van der Waals surface area contributed by atoms with E-state index in [9.17, 15) is 4.79 Å². The van der Waals surface area contributed by atoms with Crippen molar-refractivity contribution in [2.75, 3.05) is 0 Å². The first-order valence-electron chi connectivity index (χ1n) is 3.55. The van der Waals surface area contributed by atoms with E-state index in [1.165, 1.54) is 5.56 Å². The molecule has 1 aromatic rings. The Morgan fingerprint density at radius 1 is 1.36 bits per heavy atom. The van der Waals surface area contributed by atoms with Crippen molar-refractivity contribution in [2.24, 2.45) is 0 Å². The van der Waals surface area contributed by atoms with Gasteiger partial charge in [0, 0.05) is 12.5 Å². The molecule has 57 valence electrons. The maximum absolute atomic E-state index is 10.9. The van der Waals surface area contributed by atoms with Crippen LogP contribution in [-0.2, 0) is 0 Å². The largest absolute Gasteiger partial charge is 0.294 e. The standard InChI is InChI=1S/C10H11O/c1-7-4-5-10(9(3)11)8(2)6-7/h4-6H,3H2,1-2H3. The quantitative estimate of drug-likeness (QED) is 0.557. The van der Waals surface area contributed by atoms with E-state index in [4.69, 9.17) is 0 Å². The van der Waals surface area contributed by atoms with Gasteiger partial charge in [-0.05, 0) is 19.4 Å². The van der Waals surface area contributed by atoms with Gasteiger partial charge >= 0.3 is 0 Å². The van der Waals surface area contributed by atoms with Gasteiger partial charge in [0.15, 0.2) is 5.78 Å². The summed E-state index contributed by atoms with van der Waals surface area (Å²) in [5.74, 6) is -0.109. The highest BCUT2D eigenvalue weighted by atomic mass is 16.1. The average molecular weight is 147 g/mol. The predicted molar refractivity (Wildman–Crippen MR) is 45.6 cm³/mol. The van der Waals surface area contributed by atoms with E-state index in [1.54, 1.807) is 0 Å². The topological polar surface area (TPSA) is 17.1 Å². The van der Waals surface area contributed by atoms with E-state index >= 15 is 0 Å². The number of carbonyl (C=O) groups excluding carboxylic acids is 1. The van der Waals surface area contributed by atoms with Crippen LogP contribution in [0.4, 0.5) is 0 Å². The highest BCUT2D eigenvalue weighted by Gasteiger charge is 2.01. The van der Waals surface area contributed by atoms with Crippen LogP contribution in [0.1, 0.15) is 21.5 Å². The zero-order chi connectivity index (χ0) is 8.43. The lowest BCUT2D eigenvalue weighted by atomic mass is 10.0. The van der Waals surface area contributed by atoms with Crippen LogP contribution >= 0.6 is 0 Å². The number of aryl methyl sites for hydroxylation is 2. The third-order valence-corrected chi connectivity index (χ3v) is 1.68. The number of benzene rings is 1. The van der Waals surface area contributed by atoms with Gasteiger partial charge in [0.05, 0.1) is 0 Å². The zero-order valence-electron chi connectivity index (χ0n) is 6.85. The van der Waals surface area contributed by atoms with Crippen LogP contribution < -0.4 is 0 Å². The number of hydrogen-bond donors (Lipinski definition) is 0. The van der Waals surface area contributed by atoms with Crippen molar-refractivity contribution < 1.29 is 4.79 Å². The minimum atomic E-state index is -0.109. The first kappa shape index (κ1) is 7.99. The van der Waals surface area contributed by atoms with E-state index in [2.05, 4.69) is 6.92 Å². The molecule has 0 N–H and O–H groups in total. The second-order valence-corrected chi connectivity index (χ2v) is 2.74. The summed E-state index contributed by atoms with van der Waals surface area (Å²) < 4.78 is 0. The van der Waals surface area contributed by atoms with Gasteiger partial charge < -0.3 is 0 Å². The normalized spacial score (nSPS) is 9.73. The smallest absolute Gasteiger partial charge is 0.163 e. The predicted octanol–water partition coefficient (Wildman–Crippen LogP) is 2.32. The molecule has 0 aliphatic rings. The molecule has 0 aromatic heterocycles. The van der Waals surface area contributed by atoms with Crippen molar-refractivity contribution in [2.45, 2.75) is 13.8 Å². The molecule has 0 aliphatic heterocycles. The maximum atomic E-state index is 10.9. The van der Waals surface area contributed by atoms with E-state index < -0.39 is 0 Å². The van der Waals surface area contributed by atoms with E-state index in [-0.39, 0.29) is 5.78 Å². The van der Waals surface area contributed by atoms with Gasteiger partial charge in [0.25, 0.3) is 0 Å². The van der Waals surface area contributed by atoms with Crippen LogP contribution in [0.5, 0.6) is 0 Å². The van der Waals surface area contributed by atoms with Crippen molar-refractivity contribution in [3.63, 3.8) is 0 Å². The molecule has 0 unspecified atom stereocenters. The summed E-state index contributed by atoms with van der Waals surface area (Å²) in [5.41, 5.74) is 2.90. The number of rotatable bonds is 1. The maximum Gasteiger partial charge on any atom is 0.163 e. The molecule has 1 nitrogen and oxygen atoms in total. The van der Waals surface area contributed by atoms with Gasteiger partial charge in [-0.25, -0.2) is 0 Å². The molecule has 0 amide bonds. The molecule has 0 atom stereocenters. The Labute approximate surface area is 67.1 Å². The lowest BCUT2D eigenvalue weighted by Gasteiger charge is -2.01. The molecule has 0 bridgehead atoms. The summed E-state index contributed by atoms with van der Waals surface area (Å²) in [5, 5.41) is 0. The first-order valence-corrected chi connectivity index (χ1v) is 3.55. The second kappa shape index (κ2) is 2.87. The third kappa shape index (κ3) is 1.67. The Balaban J connectivity index is 3.20. The van der Waals surface area contributed by atoms with Gasteiger partial charge in [-0.15, -0.1) is 0 Å². The van der Waals surface area contributed by atoms with E-state index in [0.29, 0.717) is 0 Å². The highest BCUT2D eigenvalue weighted by molar-refractivity contribution is 6.00. The molecule has 0 fully saturated rings. The molecular weight excluding hydrogens is 136 g/mol. The van der Waals surface area contributed by atoms with Crippen LogP contribution in [0.2, 0.25) is 0 Å². The van der Waals surface area contributed by atoms with Crippen LogP contribution in [-0.4, -0.2) is 5.78 Å².